The molecule has 0 saturated heterocycles. The zero-order chi connectivity index (χ0) is 15.5. The summed E-state index contributed by atoms with van der Waals surface area (Å²) < 4.78 is 26.3. The average Bonchev–Trinajstić information content (AvgIpc) is 2.49. The van der Waals surface area contributed by atoms with Crippen LogP contribution in [0.15, 0.2) is 47.5 Å². The summed E-state index contributed by atoms with van der Waals surface area (Å²) in [6.07, 6.45) is 1.30. The first-order chi connectivity index (χ1) is 9.96. The summed E-state index contributed by atoms with van der Waals surface area (Å²) >= 11 is 6.06. The molecule has 0 radical (unpaired) electrons. The van der Waals surface area contributed by atoms with Gasteiger partial charge in [-0.2, -0.15) is 0 Å². The van der Waals surface area contributed by atoms with Crippen LogP contribution in [0.5, 0.6) is 0 Å². The molecule has 1 N–H and O–H groups in total. The molecule has 7 heteroatoms. The predicted molar refractivity (Wildman–Crippen MR) is 85.4 cm³/mol. The van der Waals surface area contributed by atoms with E-state index in [1.807, 2.05) is 13.0 Å². The lowest BCUT2D eigenvalue weighted by molar-refractivity contribution is 0.594. The van der Waals surface area contributed by atoms with E-state index in [0.29, 0.717) is 18.1 Å². The number of para-hydroxylation sites is 1. The molecule has 0 aliphatic rings. The van der Waals surface area contributed by atoms with Crippen molar-refractivity contribution in [1.29, 1.82) is 0 Å². The molecular weight excluding hydrogens is 310 g/mol. The van der Waals surface area contributed by atoms with Gasteiger partial charge in [0.05, 0.1) is 10.7 Å². The third kappa shape index (κ3) is 3.28. The minimum atomic E-state index is -3.69. The lowest BCUT2D eigenvalue weighted by atomic mass is 10.3. The Labute approximate surface area is 129 Å². The van der Waals surface area contributed by atoms with Crippen molar-refractivity contribution in [2.24, 2.45) is 0 Å². The quantitative estimate of drug-likeness (QED) is 0.918. The van der Waals surface area contributed by atoms with Crippen molar-refractivity contribution in [3.63, 3.8) is 0 Å². The van der Waals surface area contributed by atoms with E-state index in [2.05, 4.69) is 10.3 Å². The summed E-state index contributed by atoms with van der Waals surface area (Å²) in [5.41, 5.74) is 0.574. The molecule has 2 aromatic rings. The minimum absolute atomic E-state index is 0.0560. The molecule has 0 bridgehead atoms. The maximum absolute atomic E-state index is 12.6. The van der Waals surface area contributed by atoms with Crippen LogP contribution in [0.1, 0.15) is 6.92 Å². The van der Waals surface area contributed by atoms with Crippen LogP contribution in [0.3, 0.4) is 0 Å². The van der Waals surface area contributed by atoms with E-state index in [0.717, 1.165) is 0 Å². The number of pyridine rings is 1. The van der Waals surface area contributed by atoms with Crippen molar-refractivity contribution < 1.29 is 8.42 Å². The molecule has 5 nitrogen and oxygen atoms in total. The molecule has 112 valence electrons. The molecule has 0 aliphatic heterocycles. The van der Waals surface area contributed by atoms with Crippen LogP contribution < -0.4 is 9.62 Å². The fourth-order valence-corrected chi connectivity index (χ4v) is 3.26. The smallest absolute Gasteiger partial charge is 0.265 e. The standard InChI is InChI=1S/C14H16ClN3O2S/c1-3-16-14-13(15)9-12(10-17-14)21(19,20)18(2)11-7-5-4-6-8-11/h4-10H,3H2,1-2H3,(H,16,17). The summed E-state index contributed by atoms with van der Waals surface area (Å²) in [6, 6.07) is 10.2. The van der Waals surface area contributed by atoms with Crippen molar-refractivity contribution in [1.82, 2.24) is 4.98 Å². The van der Waals surface area contributed by atoms with Crippen molar-refractivity contribution in [2.75, 3.05) is 23.2 Å². The Morgan fingerprint density at radius 1 is 1.29 bits per heavy atom. The molecule has 0 amide bonds. The molecule has 1 aromatic heterocycles. The van der Waals surface area contributed by atoms with E-state index in [9.17, 15) is 8.42 Å². The van der Waals surface area contributed by atoms with Gasteiger partial charge in [-0.15, -0.1) is 0 Å². The lowest BCUT2D eigenvalue weighted by Crippen LogP contribution is -2.26. The number of sulfonamides is 1. The summed E-state index contributed by atoms with van der Waals surface area (Å²) in [7, 11) is -2.19. The van der Waals surface area contributed by atoms with E-state index in [-0.39, 0.29) is 9.92 Å². The van der Waals surface area contributed by atoms with E-state index in [1.54, 1.807) is 24.3 Å². The molecule has 0 fully saturated rings. The van der Waals surface area contributed by atoms with Gasteiger partial charge in [-0.3, -0.25) is 4.31 Å². The molecule has 0 spiro atoms. The molecular formula is C14H16ClN3O2S. The van der Waals surface area contributed by atoms with Gasteiger partial charge in [0.25, 0.3) is 10.0 Å². The maximum atomic E-state index is 12.6. The molecule has 0 saturated carbocycles. The Hall–Kier alpha value is -1.79. The number of hydrogen-bond donors (Lipinski definition) is 1. The Kier molecular flexibility index (Phi) is 4.69. The summed E-state index contributed by atoms with van der Waals surface area (Å²) in [6.45, 7) is 2.56. The van der Waals surface area contributed by atoms with E-state index >= 15 is 0 Å². The maximum Gasteiger partial charge on any atom is 0.265 e. The second kappa shape index (κ2) is 6.32. The summed E-state index contributed by atoms with van der Waals surface area (Å²) in [5, 5.41) is 3.24. The Morgan fingerprint density at radius 2 is 1.95 bits per heavy atom. The molecule has 21 heavy (non-hydrogen) atoms. The lowest BCUT2D eigenvalue weighted by Gasteiger charge is -2.19. The average molecular weight is 326 g/mol. The molecule has 0 unspecified atom stereocenters. The number of anilines is 2. The first kappa shape index (κ1) is 15.6. The Morgan fingerprint density at radius 3 is 2.52 bits per heavy atom. The highest BCUT2D eigenvalue weighted by Crippen LogP contribution is 2.26. The highest BCUT2D eigenvalue weighted by Gasteiger charge is 2.22. The monoisotopic (exact) mass is 325 g/mol. The predicted octanol–water partition coefficient (Wildman–Crippen LogP) is 2.99. The van der Waals surface area contributed by atoms with Gasteiger partial charge in [-0.1, -0.05) is 29.8 Å². The SMILES string of the molecule is CCNc1ncc(S(=O)(=O)N(C)c2ccccc2)cc1Cl. The Balaban J connectivity index is 2.38. The van der Waals surface area contributed by atoms with Crippen molar-refractivity contribution >= 4 is 33.1 Å². The highest BCUT2D eigenvalue weighted by atomic mass is 35.5. The Bertz CT molecular complexity index is 720. The molecule has 1 heterocycles. The topological polar surface area (TPSA) is 62.3 Å². The third-order valence-corrected chi connectivity index (χ3v) is 4.98. The molecule has 0 aliphatic carbocycles. The summed E-state index contributed by atoms with van der Waals surface area (Å²) in [4.78, 5) is 4.12. The number of aromatic nitrogens is 1. The molecule has 1 aromatic carbocycles. The van der Waals surface area contributed by atoms with Gasteiger partial charge < -0.3 is 5.32 Å². The van der Waals surface area contributed by atoms with Crippen LogP contribution in [0.25, 0.3) is 0 Å². The number of rotatable bonds is 5. The zero-order valence-corrected chi connectivity index (χ0v) is 13.3. The fourth-order valence-electron chi connectivity index (χ4n) is 1.79. The van der Waals surface area contributed by atoms with Crippen LogP contribution in [0, 0.1) is 0 Å². The van der Waals surface area contributed by atoms with E-state index in [4.69, 9.17) is 11.6 Å². The van der Waals surface area contributed by atoms with E-state index < -0.39 is 10.0 Å². The number of nitrogens with one attached hydrogen (secondary N) is 1. The number of halogens is 1. The first-order valence-electron chi connectivity index (χ1n) is 6.40. The van der Waals surface area contributed by atoms with Gasteiger partial charge >= 0.3 is 0 Å². The van der Waals surface area contributed by atoms with Gasteiger partial charge in [-0.25, -0.2) is 13.4 Å². The second-order valence-electron chi connectivity index (χ2n) is 4.34. The summed E-state index contributed by atoms with van der Waals surface area (Å²) in [5.74, 6) is 0.473. The van der Waals surface area contributed by atoms with E-state index in [1.165, 1.54) is 23.6 Å². The van der Waals surface area contributed by atoms with Crippen molar-refractivity contribution in [3.8, 4) is 0 Å². The normalized spacial score (nSPS) is 11.2. The minimum Gasteiger partial charge on any atom is -0.369 e. The van der Waals surface area contributed by atoms with Gasteiger partial charge in [0.2, 0.25) is 0 Å². The number of hydrogen-bond acceptors (Lipinski definition) is 4. The van der Waals surface area contributed by atoms with Gasteiger partial charge in [0, 0.05) is 19.8 Å². The van der Waals surface area contributed by atoms with Crippen molar-refractivity contribution in [2.45, 2.75) is 11.8 Å². The van der Waals surface area contributed by atoms with Crippen LogP contribution >= 0.6 is 11.6 Å². The van der Waals surface area contributed by atoms with Crippen LogP contribution in [0.2, 0.25) is 5.02 Å². The van der Waals surface area contributed by atoms with Crippen LogP contribution in [0.4, 0.5) is 11.5 Å². The molecule has 0 atom stereocenters. The van der Waals surface area contributed by atoms with Crippen molar-refractivity contribution in [3.05, 3.63) is 47.6 Å². The number of nitrogens with zero attached hydrogens (tertiary/aromatic N) is 2. The number of benzene rings is 1. The third-order valence-electron chi connectivity index (χ3n) is 2.94. The highest BCUT2D eigenvalue weighted by molar-refractivity contribution is 7.92. The van der Waals surface area contributed by atoms with Gasteiger partial charge in [0.15, 0.2) is 0 Å². The zero-order valence-electron chi connectivity index (χ0n) is 11.7. The first-order valence-corrected chi connectivity index (χ1v) is 8.22. The second-order valence-corrected chi connectivity index (χ2v) is 6.72. The molecule has 2 rings (SSSR count). The largest absolute Gasteiger partial charge is 0.369 e. The van der Waals surface area contributed by atoms with Gasteiger partial charge in [-0.05, 0) is 25.1 Å². The van der Waals surface area contributed by atoms with Crippen LogP contribution in [-0.4, -0.2) is 27.0 Å². The van der Waals surface area contributed by atoms with Gasteiger partial charge in [0.1, 0.15) is 10.7 Å². The fraction of sp³-hybridized carbons (Fsp3) is 0.214. The van der Waals surface area contributed by atoms with Crippen LogP contribution in [-0.2, 0) is 10.0 Å².